The Bertz CT molecular complexity index is 590. The van der Waals surface area contributed by atoms with Crippen molar-refractivity contribution in [1.82, 2.24) is 0 Å². The van der Waals surface area contributed by atoms with Crippen LogP contribution in [0.3, 0.4) is 0 Å². The third-order valence-corrected chi connectivity index (χ3v) is 3.31. The molecule has 0 unspecified atom stereocenters. The molecule has 100 valence electrons. The highest BCUT2D eigenvalue weighted by atomic mass is 79.9. The molecule has 2 aromatic carbocycles. The molecule has 0 aliphatic carbocycles. The third kappa shape index (κ3) is 3.44. The van der Waals surface area contributed by atoms with E-state index >= 15 is 0 Å². The van der Waals surface area contributed by atoms with Crippen molar-refractivity contribution < 1.29 is 13.5 Å². The van der Waals surface area contributed by atoms with E-state index in [0.717, 1.165) is 0 Å². The van der Waals surface area contributed by atoms with Crippen molar-refractivity contribution in [2.24, 2.45) is 0 Å². The van der Waals surface area contributed by atoms with Crippen molar-refractivity contribution >= 4 is 21.6 Å². The number of methoxy groups -OCH3 is 1. The number of benzene rings is 2. The number of anilines is 1. The van der Waals surface area contributed by atoms with Gasteiger partial charge in [-0.1, -0.05) is 6.07 Å². The highest BCUT2D eigenvalue weighted by Gasteiger charge is 2.05. The molecule has 0 aliphatic heterocycles. The van der Waals surface area contributed by atoms with Crippen LogP contribution >= 0.6 is 15.9 Å². The van der Waals surface area contributed by atoms with E-state index in [9.17, 15) is 8.78 Å². The van der Waals surface area contributed by atoms with Gasteiger partial charge in [-0.15, -0.1) is 0 Å². The third-order valence-electron chi connectivity index (χ3n) is 2.66. The maximum Gasteiger partial charge on any atom is 0.139 e. The Morgan fingerprint density at radius 2 is 1.89 bits per heavy atom. The lowest BCUT2D eigenvalue weighted by atomic mass is 10.2. The van der Waals surface area contributed by atoms with E-state index in [1.165, 1.54) is 19.2 Å². The molecule has 0 spiro atoms. The summed E-state index contributed by atoms with van der Waals surface area (Å²) in [5.74, 6) is -0.249. The van der Waals surface area contributed by atoms with Crippen LogP contribution in [0.25, 0.3) is 0 Å². The van der Waals surface area contributed by atoms with Gasteiger partial charge >= 0.3 is 0 Å². The first kappa shape index (κ1) is 13.8. The SMILES string of the molecule is COc1ccc(CNc2ccc(Br)c(F)c2)c(F)c1. The Morgan fingerprint density at radius 1 is 1.11 bits per heavy atom. The van der Waals surface area contributed by atoms with E-state index in [2.05, 4.69) is 21.2 Å². The molecule has 0 amide bonds. The van der Waals surface area contributed by atoms with E-state index < -0.39 is 0 Å². The second kappa shape index (κ2) is 6.02. The molecule has 0 saturated heterocycles. The van der Waals surface area contributed by atoms with Crippen LogP contribution in [0.1, 0.15) is 5.56 Å². The van der Waals surface area contributed by atoms with Crippen LogP contribution in [0.4, 0.5) is 14.5 Å². The number of rotatable bonds is 4. The Labute approximate surface area is 118 Å². The van der Waals surface area contributed by atoms with Gasteiger partial charge in [0.15, 0.2) is 0 Å². The molecule has 0 radical (unpaired) electrons. The van der Waals surface area contributed by atoms with Crippen molar-refractivity contribution in [3.8, 4) is 5.75 Å². The first-order chi connectivity index (χ1) is 9.10. The van der Waals surface area contributed by atoms with Crippen molar-refractivity contribution in [3.63, 3.8) is 0 Å². The molecule has 5 heteroatoms. The van der Waals surface area contributed by atoms with Gasteiger partial charge in [0.05, 0.1) is 11.6 Å². The molecule has 1 N–H and O–H groups in total. The summed E-state index contributed by atoms with van der Waals surface area (Å²) in [6.07, 6.45) is 0. The lowest BCUT2D eigenvalue weighted by Crippen LogP contribution is -2.02. The fourth-order valence-corrected chi connectivity index (χ4v) is 1.85. The fourth-order valence-electron chi connectivity index (χ4n) is 1.60. The predicted octanol–water partition coefficient (Wildman–Crippen LogP) is 4.35. The summed E-state index contributed by atoms with van der Waals surface area (Å²) in [6.45, 7) is 0.275. The van der Waals surface area contributed by atoms with Crippen LogP contribution in [-0.2, 0) is 6.54 Å². The Hall–Kier alpha value is -1.62. The summed E-state index contributed by atoms with van der Waals surface area (Å²) in [6, 6.07) is 9.31. The normalized spacial score (nSPS) is 10.3. The van der Waals surface area contributed by atoms with Gasteiger partial charge in [-0.3, -0.25) is 0 Å². The van der Waals surface area contributed by atoms with Crippen LogP contribution in [-0.4, -0.2) is 7.11 Å². The minimum absolute atomic E-state index is 0.275. The zero-order valence-corrected chi connectivity index (χ0v) is 11.8. The van der Waals surface area contributed by atoms with Crippen LogP contribution in [0.5, 0.6) is 5.75 Å². The summed E-state index contributed by atoms with van der Waals surface area (Å²) < 4.78 is 32.3. The van der Waals surface area contributed by atoms with Gasteiger partial charge in [0.25, 0.3) is 0 Å². The molecule has 0 atom stereocenters. The van der Waals surface area contributed by atoms with E-state index in [0.29, 0.717) is 21.5 Å². The topological polar surface area (TPSA) is 21.3 Å². The standard InChI is InChI=1S/C14H12BrF2NO/c1-19-11-4-2-9(13(16)7-11)8-18-10-3-5-12(15)14(17)6-10/h2-7,18H,8H2,1H3. The van der Waals surface area contributed by atoms with Gasteiger partial charge in [-0.05, 0) is 40.2 Å². The highest BCUT2D eigenvalue weighted by molar-refractivity contribution is 9.10. The molecule has 0 bridgehead atoms. The molecule has 0 aliphatic rings. The average Bonchev–Trinajstić information content (AvgIpc) is 2.41. The maximum atomic E-state index is 13.7. The van der Waals surface area contributed by atoms with Crippen LogP contribution in [0.15, 0.2) is 40.9 Å². The van der Waals surface area contributed by atoms with Crippen LogP contribution < -0.4 is 10.1 Å². The van der Waals surface area contributed by atoms with Crippen LogP contribution in [0, 0.1) is 11.6 Å². The molecule has 0 fully saturated rings. The fraction of sp³-hybridized carbons (Fsp3) is 0.143. The second-order valence-electron chi connectivity index (χ2n) is 3.94. The molecule has 2 rings (SSSR count). The van der Waals surface area contributed by atoms with E-state index in [1.807, 2.05) is 0 Å². The van der Waals surface area contributed by atoms with Gasteiger partial charge in [0, 0.05) is 23.9 Å². The van der Waals surface area contributed by atoms with Gasteiger partial charge in [0.1, 0.15) is 17.4 Å². The molecular weight excluding hydrogens is 316 g/mol. The Balaban J connectivity index is 2.07. The number of halogens is 3. The molecular formula is C14H12BrF2NO. The van der Waals surface area contributed by atoms with E-state index in [-0.39, 0.29) is 18.2 Å². The van der Waals surface area contributed by atoms with E-state index in [1.54, 1.807) is 24.3 Å². The molecule has 0 aromatic heterocycles. The van der Waals surface area contributed by atoms with Gasteiger partial charge in [-0.25, -0.2) is 8.78 Å². The number of hydrogen-bond donors (Lipinski definition) is 1. The Morgan fingerprint density at radius 3 is 2.53 bits per heavy atom. The first-order valence-electron chi connectivity index (χ1n) is 5.61. The highest BCUT2D eigenvalue weighted by Crippen LogP contribution is 2.21. The molecule has 19 heavy (non-hydrogen) atoms. The second-order valence-corrected chi connectivity index (χ2v) is 4.79. The number of ether oxygens (including phenoxy) is 1. The van der Waals surface area contributed by atoms with Gasteiger partial charge < -0.3 is 10.1 Å². The zero-order chi connectivity index (χ0) is 13.8. The monoisotopic (exact) mass is 327 g/mol. The number of hydrogen-bond acceptors (Lipinski definition) is 2. The minimum Gasteiger partial charge on any atom is -0.497 e. The van der Waals surface area contributed by atoms with Crippen molar-refractivity contribution in [2.45, 2.75) is 6.54 Å². The van der Waals surface area contributed by atoms with Gasteiger partial charge in [0.2, 0.25) is 0 Å². The zero-order valence-electron chi connectivity index (χ0n) is 10.2. The summed E-state index contributed by atoms with van der Waals surface area (Å²) in [5, 5.41) is 2.97. The summed E-state index contributed by atoms with van der Waals surface area (Å²) in [5.41, 5.74) is 1.08. The molecule has 2 aromatic rings. The van der Waals surface area contributed by atoms with E-state index in [4.69, 9.17) is 4.74 Å². The summed E-state index contributed by atoms with van der Waals surface area (Å²) in [7, 11) is 1.48. The molecule has 0 heterocycles. The Kier molecular flexibility index (Phi) is 4.37. The summed E-state index contributed by atoms with van der Waals surface area (Å²) in [4.78, 5) is 0. The van der Waals surface area contributed by atoms with Crippen molar-refractivity contribution in [3.05, 3.63) is 58.1 Å². The predicted molar refractivity (Wildman–Crippen MR) is 74.4 cm³/mol. The lowest BCUT2D eigenvalue weighted by Gasteiger charge is -2.09. The minimum atomic E-state index is -0.361. The largest absolute Gasteiger partial charge is 0.497 e. The van der Waals surface area contributed by atoms with Gasteiger partial charge in [-0.2, -0.15) is 0 Å². The summed E-state index contributed by atoms with van der Waals surface area (Å²) >= 11 is 3.08. The lowest BCUT2D eigenvalue weighted by molar-refractivity contribution is 0.411. The maximum absolute atomic E-state index is 13.7. The smallest absolute Gasteiger partial charge is 0.139 e. The quantitative estimate of drug-likeness (QED) is 0.901. The van der Waals surface area contributed by atoms with Crippen LogP contribution in [0.2, 0.25) is 0 Å². The molecule has 0 saturated carbocycles. The molecule has 2 nitrogen and oxygen atoms in total. The average molecular weight is 328 g/mol. The van der Waals surface area contributed by atoms with Crippen molar-refractivity contribution in [1.29, 1.82) is 0 Å². The first-order valence-corrected chi connectivity index (χ1v) is 6.41. The number of nitrogens with one attached hydrogen (secondary N) is 1. The van der Waals surface area contributed by atoms with Crippen molar-refractivity contribution in [2.75, 3.05) is 12.4 Å².